The molecular formula is C29H38F5NO2S. The average Bonchev–Trinajstić information content (AvgIpc) is 2.87. The molecule has 0 saturated heterocycles. The van der Waals surface area contributed by atoms with Crippen molar-refractivity contribution in [3.8, 4) is 11.5 Å². The molecule has 0 saturated carbocycles. The van der Waals surface area contributed by atoms with E-state index in [-0.39, 0.29) is 23.5 Å². The molecule has 0 fully saturated rings. The number of halogens is 5. The summed E-state index contributed by atoms with van der Waals surface area (Å²) in [6, 6.07) is 9.51. The maximum absolute atomic E-state index is 12.9. The largest absolute Gasteiger partial charge is 0.508 e. The fourth-order valence-electron chi connectivity index (χ4n) is 5.18. The van der Waals surface area contributed by atoms with Gasteiger partial charge in [0.1, 0.15) is 11.5 Å². The fourth-order valence-corrected chi connectivity index (χ4v) is 6.14. The number of phenolic OH excluding ortho intramolecular Hbond substituents is 1. The first-order valence-electron chi connectivity index (χ1n) is 13.4. The van der Waals surface area contributed by atoms with E-state index < -0.39 is 18.5 Å². The number of benzene rings is 1. The van der Waals surface area contributed by atoms with Gasteiger partial charge in [-0.15, -0.1) is 0 Å². The van der Waals surface area contributed by atoms with E-state index in [9.17, 15) is 27.1 Å². The van der Waals surface area contributed by atoms with E-state index in [1.165, 1.54) is 17.3 Å². The molecule has 38 heavy (non-hydrogen) atoms. The lowest BCUT2D eigenvalue weighted by Crippen LogP contribution is -2.40. The van der Waals surface area contributed by atoms with Crippen LogP contribution in [0.5, 0.6) is 11.5 Å². The average molecular weight is 560 g/mol. The highest BCUT2D eigenvalue weighted by atomic mass is 32.2. The number of nitrogens with zero attached hydrogens (tertiary/aromatic N) is 1. The van der Waals surface area contributed by atoms with Gasteiger partial charge in [0.25, 0.3) is 0 Å². The van der Waals surface area contributed by atoms with Crippen LogP contribution in [0.2, 0.25) is 0 Å². The number of ether oxygens (including phenoxy) is 1. The van der Waals surface area contributed by atoms with Gasteiger partial charge in [-0.3, -0.25) is 4.98 Å². The fraction of sp³-hybridized carbons (Fsp3) is 0.621. The minimum absolute atomic E-state index is 0.129. The topological polar surface area (TPSA) is 42.4 Å². The molecule has 2 heterocycles. The standard InChI is InChI=1S/C29H38F5NO2S/c1-27(22-13-16-35-17-14-22)21-37-26-20-23(36)11-12-24(26)25(27)10-7-5-3-2-4-6-8-18-38-19-9-15-28(30,31)29(32,33)34/h11-14,16-17,20,25,36H,2-10,15,18-19,21H2,1H3. The highest BCUT2D eigenvalue weighted by molar-refractivity contribution is 7.99. The zero-order chi connectivity index (χ0) is 27.7. The van der Waals surface area contributed by atoms with Crippen molar-refractivity contribution in [1.82, 2.24) is 4.98 Å². The monoisotopic (exact) mass is 559 g/mol. The van der Waals surface area contributed by atoms with Crippen LogP contribution in [0.25, 0.3) is 0 Å². The number of unbranched alkanes of at least 4 members (excludes halogenated alkanes) is 6. The molecule has 0 aliphatic carbocycles. The second-order valence-corrected chi connectivity index (χ2v) is 11.6. The number of aromatic nitrogens is 1. The maximum Gasteiger partial charge on any atom is 0.453 e. The zero-order valence-electron chi connectivity index (χ0n) is 21.9. The molecule has 2 aromatic rings. The van der Waals surface area contributed by atoms with Crippen LogP contribution in [0.4, 0.5) is 22.0 Å². The smallest absolute Gasteiger partial charge is 0.453 e. The van der Waals surface area contributed by atoms with E-state index in [2.05, 4.69) is 24.0 Å². The van der Waals surface area contributed by atoms with Crippen molar-refractivity contribution in [2.75, 3.05) is 18.1 Å². The number of rotatable bonds is 15. The minimum atomic E-state index is -5.45. The van der Waals surface area contributed by atoms with Gasteiger partial charge < -0.3 is 9.84 Å². The molecule has 3 rings (SSSR count). The van der Waals surface area contributed by atoms with Gasteiger partial charge >= 0.3 is 12.1 Å². The van der Waals surface area contributed by atoms with Gasteiger partial charge in [-0.05, 0) is 60.1 Å². The van der Waals surface area contributed by atoms with Crippen molar-refractivity contribution >= 4 is 11.8 Å². The number of aromatic hydroxyl groups is 1. The number of phenols is 1. The first-order chi connectivity index (χ1) is 18.0. The summed E-state index contributed by atoms with van der Waals surface area (Å²) in [5.74, 6) is -2.22. The Morgan fingerprint density at radius 1 is 0.921 bits per heavy atom. The minimum Gasteiger partial charge on any atom is -0.508 e. The van der Waals surface area contributed by atoms with Crippen molar-refractivity contribution in [3.63, 3.8) is 0 Å². The second kappa shape index (κ2) is 13.9. The summed E-state index contributed by atoms with van der Waals surface area (Å²) >= 11 is 1.46. The Kier molecular flexibility index (Phi) is 11.1. The summed E-state index contributed by atoms with van der Waals surface area (Å²) in [7, 11) is 0. The second-order valence-electron chi connectivity index (χ2n) is 10.4. The number of pyridine rings is 1. The molecule has 212 valence electrons. The summed E-state index contributed by atoms with van der Waals surface area (Å²) in [6.07, 6.45) is 5.51. The Labute approximate surface area is 226 Å². The Morgan fingerprint density at radius 2 is 1.55 bits per heavy atom. The lowest BCUT2D eigenvalue weighted by atomic mass is 9.66. The molecule has 3 nitrogen and oxygen atoms in total. The maximum atomic E-state index is 12.9. The van der Waals surface area contributed by atoms with E-state index >= 15 is 0 Å². The molecular weight excluding hydrogens is 521 g/mol. The number of hydrogen-bond donors (Lipinski definition) is 1. The van der Waals surface area contributed by atoms with Crippen LogP contribution in [0.1, 0.15) is 88.2 Å². The number of alkyl halides is 5. The Balaban J connectivity index is 1.33. The van der Waals surface area contributed by atoms with Crippen molar-refractivity contribution in [1.29, 1.82) is 0 Å². The van der Waals surface area contributed by atoms with Gasteiger partial charge in [0.15, 0.2) is 0 Å². The first kappa shape index (κ1) is 30.5. The molecule has 1 aromatic heterocycles. The predicted molar refractivity (Wildman–Crippen MR) is 142 cm³/mol. The molecule has 1 aliphatic rings. The predicted octanol–water partition coefficient (Wildman–Crippen LogP) is 9.05. The van der Waals surface area contributed by atoms with Crippen molar-refractivity contribution in [2.45, 2.75) is 94.6 Å². The molecule has 0 radical (unpaired) electrons. The lowest BCUT2D eigenvalue weighted by molar-refractivity contribution is -0.284. The lowest BCUT2D eigenvalue weighted by Gasteiger charge is -2.43. The molecule has 0 amide bonds. The molecule has 2 unspecified atom stereocenters. The van der Waals surface area contributed by atoms with E-state index in [4.69, 9.17) is 4.74 Å². The normalized spacial score (nSPS) is 19.7. The van der Waals surface area contributed by atoms with Gasteiger partial charge in [-0.25, -0.2) is 0 Å². The van der Waals surface area contributed by atoms with Crippen LogP contribution in [0.3, 0.4) is 0 Å². The van der Waals surface area contributed by atoms with Crippen LogP contribution < -0.4 is 4.74 Å². The van der Waals surface area contributed by atoms with Gasteiger partial charge in [-0.2, -0.15) is 33.7 Å². The highest BCUT2D eigenvalue weighted by Gasteiger charge is 2.56. The quantitative estimate of drug-likeness (QED) is 0.175. The van der Waals surface area contributed by atoms with Crippen molar-refractivity contribution in [3.05, 3.63) is 53.9 Å². The number of hydrogen-bond acceptors (Lipinski definition) is 4. The number of fused-ring (bicyclic) bond motifs is 1. The van der Waals surface area contributed by atoms with E-state index in [1.807, 2.05) is 18.5 Å². The third kappa shape index (κ3) is 8.23. The van der Waals surface area contributed by atoms with E-state index in [0.717, 1.165) is 68.4 Å². The third-order valence-corrected chi connectivity index (χ3v) is 8.64. The SMILES string of the molecule is CC1(c2ccncc2)COc2cc(O)ccc2C1CCCCCCCCCSCCCC(F)(F)C(F)(F)F. The Hall–Kier alpha value is -2.03. The zero-order valence-corrected chi connectivity index (χ0v) is 22.7. The Bertz CT molecular complexity index is 989. The summed E-state index contributed by atoms with van der Waals surface area (Å²) in [5, 5.41) is 9.91. The van der Waals surface area contributed by atoms with Crippen LogP contribution in [-0.4, -0.2) is 40.3 Å². The Morgan fingerprint density at radius 3 is 2.24 bits per heavy atom. The van der Waals surface area contributed by atoms with Gasteiger partial charge in [0, 0.05) is 36.2 Å². The highest BCUT2D eigenvalue weighted by Crippen LogP contribution is 2.49. The molecule has 1 aliphatic heterocycles. The van der Waals surface area contributed by atoms with Crippen molar-refractivity contribution < 1.29 is 31.8 Å². The first-order valence-corrected chi connectivity index (χ1v) is 14.6. The third-order valence-electron chi connectivity index (χ3n) is 7.48. The van der Waals surface area contributed by atoms with Crippen LogP contribution >= 0.6 is 11.8 Å². The molecule has 2 atom stereocenters. The summed E-state index contributed by atoms with van der Waals surface area (Å²) < 4.78 is 68.3. The number of thioether (sulfide) groups is 1. The van der Waals surface area contributed by atoms with Gasteiger partial charge in [0.05, 0.1) is 6.61 Å². The van der Waals surface area contributed by atoms with Gasteiger partial charge in [0.2, 0.25) is 0 Å². The molecule has 1 N–H and O–H groups in total. The van der Waals surface area contributed by atoms with Crippen LogP contribution in [0.15, 0.2) is 42.7 Å². The summed E-state index contributed by atoms with van der Waals surface area (Å²) in [5.41, 5.74) is 2.14. The van der Waals surface area contributed by atoms with Crippen LogP contribution in [0, 0.1) is 0 Å². The summed E-state index contributed by atoms with van der Waals surface area (Å²) in [4.78, 5) is 4.16. The van der Waals surface area contributed by atoms with E-state index in [0.29, 0.717) is 12.4 Å². The molecule has 0 spiro atoms. The van der Waals surface area contributed by atoms with Crippen LogP contribution in [-0.2, 0) is 5.41 Å². The molecule has 0 bridgehead atoms. The van der Waals surface area contributed by atoms with E-state index in [1.54, 1.807) is 12.1 Å². The molecule has 1 aromatic carbocycles. The summed E-state index contributed by atoms with van der Waals surface area (Å²) in [6.45, 7) is 2.78. The van der Waals surface area contributed by atoms with Gasteiger partial charge in [-0.1, -0.05) is 51.5 Å². The van der Waals surface area contributed by atoms with Crippen molar-refractivity contribution in [2.24, 2.45) is 0 Å². The molecule has 9 heteroatoms.